The van der Waals surface area contributed by atoms with Crippen LogP contribution in [0.1, 0.15) is 53.4 Å². The Morgan fingerprint density at radius 1 is 1.17 bits per heavy atom. The first-order valence-corrected chi connectivity index (χ1v) is 5.00. The minimum atomic E-state index is 1.25. The fourth-order valence-electron chi connectivity index (χ4n) is 1.25. The Kier molecular flexibility index (Phi) is 6.84. The Bertz CT molecular complexity index is 157. The van der Waals surface area contributed by atoms with Gasteiger partial charge >= 0.3 is 0 Å². The van der Waals surface area contributed by atoms with Crippen molar-refractivity contribution < 1.29 is 0 Å². The number of rotatable bonds is 5. The topological polar surface area (TPSA) is 0 Å². The number of allylic oxidation sites excluding steroid dienone is 4. The second-order valence-corrected chi connectivity index (χ2v) is 3.54. The first kappa shape index (κ1) is 11.5. The van der Waals surface area contributed by atoms with E-state index >= 15 is 0 Å². The first-order chi connectivity index (χ1) is 5.70. The van der Waals surface area contributed by atoms with E-state index in [2.05, 4.69) is 39.8 Å². The highest BCUT2D eigenvalue weighted by atomic mass is 14.0. The molecule has 0 saturated heterocycles. The van der Waals surface area contributed by atoms with E-state index in [9.17, 15) is 0 Å². The van der Waals surface area contributed by atoms with Crippen LogP contribution in [0, 0.1) is 0 Å². The normalized spacial score (nSPS) is 11.5. The lowest BCUT2D eigenvalue weighted by Gasteiger charge is -2.01. The Labute approximate surface area is 77.4 Å². The number of hydrogen-bond donors (Lipinski definition) is 0. The summed E-state index contributed by atoms with van der Waals surface area (Å²) < 4.78 is 0. The molecule has 0 nitrogen and oxygen atoms in total. The molecule has 0 aromatic heterocycles. The summed E-state index contributed by atoms with van der Waals surface area (Å²) in [5.74, 6) is 0. The molecule has 0 aliphatic carbocycles. The van der Waals surface area contributed by atoms with Crippen LogP contribution in [0.15, 0.2) is 23.3 Å². The summed E-state index contributed by atoms with van der Waals surface area (Å²) in [6.45, 7) is 8.68. The maximum absolute atomic E-state index is 2.29. The monoisotopic (exact) mass is 166 g/mol. The zero-order valence-electron chi connectivity index (χ0n) is 8.98. The maximum atomic E-state index is 2.29. The second-order valence-electron chi connectivity index (χ2n) is 3.54. The fourth-order valence-corrected chi connectivity index (χ4v) is 1.25. The highest BCUT2D eigenvalue weighted by Crippen LogP contribution is 2.11. The van der Waals surface area contributed by atoms with E-state index in [0.717, 1.165) is 0 Å². The van der Waals surface area contributed by atoms with Gasteiger partial charge in [-0.05, 0) is 33.6 Å². The lowest BCUT2D eigenvalue weighted by molar-refractivity contribution is 0.718. The molecule has 0 heteroatoms. The lowest BCUT2D eigenvalue weighted by atomic mass is 10.1. The van der Waals surface area contributed by atoms with Crippen molar-refractivity contribution in [2.24, 2.45) is 0 Å². The van der Waals surface area contributed by atoms with Gasteiger partial charge in [-0.15, -0.1) is 0 Å². The Hall–Kier alpha value is -0.520. The standard InChI is InChI=1S/C12H22/c1-5-7-8-9-12(6-2)10-11(3)4/h6,10H,5,7-9H2,1-4H3/b12-6-. The Morgan fingerprint density at radius 2 is 1.83 bits per heavy atom. The van der Waals surface area contributed by atoms with Gasteiger partial charge in [-0.3, -0.25) is 0 Å². The summed E-state index contributed by atoms with van der Waals surface area (Å²) in [5.41, 5.74) is 2.89. The molecule has 0 N–H and O–H groups in total. The molecule has 0 rings (SSSR count). The molecule has 0 aromatic carbocycles. The molecule has 0 radical (unpaired) electrons. The van der Waals surface area contributed by atoms with Crippen molar-refractivity contribution in [1.82, 2.24) is 0 Å². The molecule has 0 heterocycles. The molecular formula is C12H22. The molecule has 0 aromatic rings. The van der Waals surface area contributed by atoms with E-state index in [-0.39, 0.29) is 0 Å². The summed E-state index contributed by atoms with van der Waals surface area (Å²) in [4.78, 5) is 0. The van der Waals surface area contributed by atoms with Crippen molar-refractivity contribution >= 4 is 0 Å². The Balaban J connectivity index is 3.78. The number of hydrogen-bond acceptors (Lipinski definition) is 0. The molecule has 0 atom stereocenters. The summed E-state index contributed by atoms with van der Waals surface area (Å²) in [7, 11) is 0. The van der Waals surface area contributed by atoms with Crippen LogP contribution < -0.4 is 0 Å². The Morgan fingerprint density at radius 3 is 2.25 bits per heavy atom. The van der Waals surface area contributed by atoms with Crippen molar-refractivity contribution in [2.45, 2.75) is 53.4 Å². The molecule has 0 aliphatic rings. The van der Waals surface area contributed by atoms with Gasteiger partial charge in [-0.2, -0.15) is 0 Å². The van der Waals surface area contributed by atoms with E-state index in [4.69, 9.17) is 0 Å². The SMILES string of the molecule is C/C=C(\C=C(C)C)CCCCC. The van der Waals surface area contributed by atoms with Crippen molar-refractivity contribution in [3.05, 3.63) is 23.3 Å². The highest BCUT2D eigenvalue weighted by Gasteiger charge is 1.91. The minimum absolute atomic E-state index is 1.25. The zero-order chi connectivity index (χ0) is 9.40. The average molecular weight is 166 g/mol. The van der Waals surface area contributed by atoms with Crippen molar-refractivity contribution in [3.63, 3.8) is 0 Å². The summed E-state index contributed by atoms with van der Waals surface area (Å²) in [6.07, 6.45) is 9.76. The third-order valence-electron chi connectivity index (χ3n) is 1.91. The summed E-state index contributed by atoms with van der Waals surface area (Å²) in [5, 5.41) is 0. The van der Waals surface area contributed by atoms with Crippen LogP contribution in [-0.2, 0) is 0 Å². The number of unbranched alkanes of at least 4 members (excludes halogenated alkanes) is 2. The molecular weight excluding hydrogens is 144 g/mol. The fraction of sp³-hybridized carbons (Fsp3) is 0.667. The van der Waals surface area contributed by atoms with Crippen LogP contribution in [0.4, 0.5) is 0 Å². The lowest BCUT2D eigenvalue weighted by Crippen LogP contribution is -1.81. The molecule has 0 spiro atoms. The van der Waals surface area contributed by atoms with Gasteiger partial charge < -0.3 is 0 Å². The van der Waals surface area contributed by atoms with Crippen LogP contribution in [0.2, 0.25) is 0 Å². The van der Waals surface area contributed by atoms with E-state index in [1.165, 1.54) is 36.8 Å². The minimum Gasteiger partial charge on any atom is -0.0844 e. The zero-order valence-corrected chi connectivity index (χ0v) is 8.98. The van der Waals surface area contributed by atoms with Crippen molar-refractivity contribution in [3.8, 4) is 0 Å². The predicted octanol–water partition coefficient (Wildman–Crippen LogP) is 4.48. The van der Waals surface area contributed by atoms with Crippen molar-refractivity contribution in [2.75, 3.05) is 0 Å². The maximum Gasteiger partial charge on any atom is -0.0282 e. The first-order valence-electron chi connectivity index (χ1n) is 5.00. The van der Waals surface area contributed by atoms with Crippen LogP contribution in [-0.4, -0.2) is 0 Å². The van der Waals surface area contributed by atoms with Gasteiger partial charge in [0.05, 0.1) is 0 Å². The molecule has 12 heavy (non-hydrogen) atoms. The van der Waals surface area contributed by atoms with Gasteiger partial charge in [0.25, 0.3) is 0 Å². The molecule has 0 unspecified atom stereocenters. The van der Waals surface area contributed by atoms with E-state index in [0.29, 0.717) is 0 Å². The second kappa shape index (κ2) is 7.15. The third kappa shape index (κ3) is 6.21. The quantitative estimate of drug-likeness (QED) is 0.417. The van der Waals surface area contributed by atoms with Gasteiger partial charge in [-0.1, -0.05) is 43.1 Å². The smallest absolute Gasteiger partial charge is 0.0282 e. The molecule has 0 aliphatic heterocycles. The summed E-state index contributed by atoms with van der Waals surface area (Å²) in [6, 6.07) is 0. The largest absolute Gasteiger partial charge is 0.0844 e. The van der Waals surface area contributed by atoms with Gasteiger partial charge in [0.2, 0.25) is 0 Å². The molecule has 0 bridgehead atoms. The van der Waals surface area contributed by atoms with Crippen LogP contribution >= 0.6 is 0 Å². The predicted molar refractivity (Wildman–Crippen MR) is 57.3 cm³/mol. The van der Waals surface area contributed by atoms with Crippen LogP contribution in [0.5, 0.6) is 0 Å². The van der Waals surface area contributed by atoms with Gasteiger partial charge in [-0.25, -0.2) is 0 Å². The highest BCUT2D eigenvalue weighted by molar-refractivity contribution is 5.20. The van der Waals surface area contributed by atoms with Gasteiger partial charge in [0.1, 0.15) is 0 Å². The molecule has 0 fully saturated rings. The van der Waals surface area contributed by atoms with E-state index in [1.54, 1.807) is 0 Å². The van der Waals surface area contributed by atoms with E-state index in [1.807, 2.05) is 0 Å². The van der Waals surface area contributed by atoms with Gasteiger partial charge in [0, 0.05) is 0 Å². The van der Waals surface area contributed by atoms with Crippen LogP contribution in [0.3, 0.4) is 0 Å². The summed E-state index contributed by atoms with van der Waals surface area (Å²) >= 11 is 0. The third-order valence-corrected chi connectivity index (χ3v) is 1.91. The van der Waals surface area contributed by atoms with Gasteiger partial charge in [0.15, 0.2) is 0 Å². The molecule has 0 saturated carbocycles. The molecule has 0 amide bonds. The van der Waals surface area contributed by atoms with E-state index < -0.39 is 0 Å². The van der Waals surface area contributed by atoms with Crippen molar-refractivity contribution in [1.29, 1.82) is 0 Å². The average Bonchev–Trinajstić information content (AvgIpc) is 2.02. The molecule has 70 valence electrons. The van der Waals surface area contributed by atoms with Crippen LogP contribution in [0.25, 0.3) is 0 Å².